The summed E-state index contributed by atoms with van der Waals surface area (Å²) in [6, 6.07) is 3.06. The molecule has 0 unspecified atom stereocenters. The van der Waals surface area contributed by atoms with Crippen molar-refractivity contribution in [2.45, 2.75) is 0 Å². The fraction of sp³-hybridized carbons (Fsp3) is 0.417. The van der Waals surface area contributed by atoms with Crippen LogP contribution in [-0.4, -0.2) is 43.7 Å². The van der Waals surface area contributed by atoms with Crippen LogP contribution in [0.2, 0.25) is 10.0 Å². The van der Waals surface area contributed by atoms with E-state index in [0.717, 1.165) is 0 Å². The molecule has 1 aliphatic heterocycles. The van der Waals surface area contributed by atoms with E-state index < -0.39 is 0 Å². The smallest absolute Gasteiger partial charge is 0.260 e. The van der Waals surface area contributed by atoms with E-state index in [9.17, 15) is 4.79 Å². The third-order valence-corrected chi connectivity index (χ3v) is 3.29. The van der Waals surface area contributed by atoms with Crippen molar-refractivity contribution in [3.63, 3.8) is 0 Å². The highest BCUT2D eigenvalue weighted by atomic mass is 35.5. The van der Waals surface area contributed by atoms with Gasteiger partial charge in [-0.3, -0.25) is 4.79 Å². The number of benzene rings is 1. The second kappa shape index (κ2) is 6.32. The molecule has 1 amide bonds. The first-order valence-corrected chi connectivity index (χ1v) is 6.56. The number of anilines is 1. The topological polar surface area (TPSA) is 64.8 Å². The average molecular weight is 305 g/mol. The third-order valence-electron chi connectivity index (χ3n) is 2.72. The van der Waals surface area contributed by atoms with Crippen LogP contribution in [0, 0.1) is 0 Å². The van der Waals surface area contributed by atoms with Gasteiger partial charge in [0.05, 0.1) is 23.3 Å². The van der Waals surface area contributed by atoms with Crippen molar-refractivity contribution in [1.29, 1.82) is 0 Å². The zero-order valence-electron chi connectivity index (χ0n) is 10.2. The van der Waals surface area contributed by atoms with Gasteiger partial charge in [-0.25, -0.2) is 0 Å². The minimum atomic E-state index is -0.118. The largest absolute Gasteiger partial charge is 0.481 e. The number of hydrogen-bond donors (Lipinski definition) is 1. The van der Waals surface area contributed by atoms with Crippen LogP contribution in [0.15, 0.2) is 12.1 Å². The van der Waals surface area contributed by atoms with Gasteiger partial charge in [0.2, 0.25) is 0 Å². The van der Waals surface area contributed by atoms with E-state index in [0.29, 0.717) is 42.0 Å². The first-order valence-electron chi connectivity index (χ1n) is 5.81. The number of morpholine rings is 1. The molecule has 7 heteroatoms. The molecule has 0 bridgehead atoms. The maximum Gasteiger partial charge on any atom is 0.260 e. The highest BCUT2D eigenvalue weighted by Gasteiger charge is 2.18. The fourth-order valence-electron chi connectivity index (χ4n) is 1.76. The van der Waals surface area contributed by atoms with E-state index in [1.807, 2.05) is 0 Å². The number of hydrogen-bond acceptors (Lipinski definition) is 4. The van der Waals surface area contributed by atoms with Crippen molar-refractivity contribution in [3.8, 4) is 5.75 Å². The third kappa shape index (κ3) is 3.65. The van der Waals surface area contributed by atoms with Crippen molar-refractivity contribution in [2.24, 2.45) is 0 Å². The molecule has 2 rings (SSSR count). The lowest BCUT2D eigenvalue weighted by atomic mass is 10.3. The highest BCUT2D eigenvalue weighted by molar-refractivity contribution is 6.37. The Balaban J connectivity index is 1.96. The molecule has 1 aliphatic rings. The SMILES string of the molecule is Nc1cc(Cl)c(OCC(=O)N2CCOCC2)c(Cl)c1. The predicted octanol–water partition coefficient (Wildman–Crippen LogP) is 1.81. The van der Waals surface area contributed by atoms with Gasteiger partial charge in [-0.1, -0.05) is 23.2 Å². The number of nitrogen functional groups attached to an aromatic ring is 1. The van der Waals surface area contributed by atoms with Crippen LogP contribution in [0.4, 0.5) is 5.69 Å². The maximum atomic E-state index is 11.9. The van der Waals surface area contributed by atoms with Gasteiger partial charge in [-0.05, 0) is 12.1 Å². The lowest BCUT2D eigenvalue weighted by Crippen LogP contribution is -2.43. The summed E-state index contributed by atoms with van der Waals surface area (Å²) in [5.41, 5.74) is 6.03. The van der Waals surface area contributed by atoms with Crippen molar-refractivity contribution < 1.29 is 14.3 Å². The molecular weight excluding hydrogens is 291 g/mol. The standard InChI is InChI=1S/C12H14Cl2N2O3/c13-9-5-8(15)6-10(14)12(9)19-7-11(17)16-1-3-18-4-2-16/h5-6H,1-4,7,15H2. The van der Waals surface area contributed by atoms with Gasteiger partial charge < -0.3 is 20.1 Å². The number of carbonyl (C=O) groups is 1. The van der Waals surface area contributed by atoms with Crippen LogP contribution < -0.4 is 10.5 Å². The molecular formula is C12H14Cl2N2O3. The van der Waals surface area contributed by atoms with E-state index in [1.54, 1.807) is 4.90 Å². The van der Waals surface area contributed by atoms with Gasteiger partial charge in [-0.15, -0.1) is 0 Å². The maximum absolute atomic E-state index is 11.9. The summed E-state index contributed by atoms with van der Waals surface area (Å²) in [6.45, 7) is 2.14. The van der Waals surface area contributed by atoms with Gasteiger partial charge in [0, 0.05) is 18.8 Å². The quantitative estimate of drug-likeness (QED) is 0.865. The Bertz CT molecular complexity index is 453. The molecule has 0 aliphatic carbocycles. The summed E-state index contributed by atoms with van der Waals surface area (Å²) in [5.74, 6) is 0.159. The second-order valence-corrected chi connectivity index (χ2v) is 4.91. The summed E-state index contributed by atoms with van der Waals surface area (Å²) < 4.78 is 10.6. The molecule has 0 spiro atoms. The number of ether oxygens (including phenoxy) is 2. The number of rotatable bonds is 3. The molecule has 2 N–H and O–H groups in total. The fourth-order valence-corrected chi connectivity index (χ4v) is 2.37. The summed E-state index contributed by atoms with van der Waals surface area (Å²) in [5, 5.41) is 0.583. The summed E-state index contributed by atoms with van der Waals surface area (Å²) in [6.07, 6.45) is 0. The first kappa shape index (κ1) is 14.2. The molecule has 19 heavy (non-hydrogen) atoms. The average Bonchev–Trinajstić information content (AvgIpc) is 2.38. The Labute approximate surface area is 121 Å². The van der Waals surface area contributed by atoms with Crippen LogP contribution in [0.25, 0.3) is 0 Å². The minimum absolute atomic E-state index is 0.108. The van der Waals surface area contributed by atoms with Crippen LogP contribution in [0.5, 0.6) is 5.75 Å². The zero-order chi connectivity index (χ0) is 13.8. The molecule has 1 saturated heterocycles. The molecule has 1 heterocycles. The lowest BCUT2D eigenvalue weighted by molar-refractivity contribution is -0.137. The molecule has 104 valence electrons. The first-order chi connectivity index (χ1) is 9.08. The van der Waals surface area contributed by atoms with E-state index in [2.05, 4.69) is 0 Å². The molecule has 5 nitrogen and oxygen atoms in total. The zero-order valence-corrected chi connectivity index (χ0v) is 11.7. The van der Waals surface area contributed by atoms with Gasteiger partial charge >= 0.3 is 0 Å². The van der Waals surface area contributed by atoms with Crippen LogP contribution in [-0.2, 0) is 9.53 Å². The van der Waals surface area contributed by atoms with Crippen LogP contribution in [0.1, 0.15) is 0 Å². The minimum Gasteiger partial charge on any atom is -0.481 e. The molecule has 0 radical (unpaired) electrons. The van der Waals surface area contributed by atoms with E-state index in [1.165, 1.54) is 12.1 Å². The van der Waals surface area contributed by atoms with Gasteiger partial charge in [-0.2, -0.15) is 0 Å². The highest BCUT2D eigenvalue weighted by Crippen LogP contribution is 2.35. The van der Waals surface area contributed by atoms with E-state index >= 15 is 0 Å². The summed E-state index contributed by atoms with van der Waals surface area (Å²) >= 11 is 11.9. The van der Waals surface area contributed by atoms with Crippen molar-refractivity contribution in [1.82, 2.24) is 4.90 Å². The van der Waals surface area contributed by atoms with Crippen LogP contribution in [0.3, 0.4) is 0 Å². The lowest BCUT2D eigenvalue weighted by Gasteiger charge is -2.26. The summed E-state index contributed by atoms with van der Waals surface area (Å²) in [4.78, 5) is 13.6. The van der Waals surface area contributed by atoms with Crippen molar-refractivity contribution >= 4 is 34.8 Å². The van der Waals surface area contributed by atoms with Crippen molar-refractivity contribution in [3.05, 3.63) is 22.2 Å². The molecule has 1 fully saturated rings. The summed E-state index contributed by atoms with van der Waals surface area (Å²) in [7, 11) is 0. The number of nitrogens with two attached hydrogens (primary N) is 1. The van der Waals surface area contributed by atoms with E-state index in [-0.39, 0.29) is 18.3 Å². The number of halogens is 2. The molecule has 0 atom stereocenters. The normalized spacial score (nSPS) is 15.4. The monoisotopic (exact) mass is 304 g/mol. The molecule has 1 aromatic rings. The van der Waals surface area contributed by atoms with Crippen molar-refractivity contribution in [2.75, 3.05) is 38.6 Å². The van der Waals surface area contributed by atoms with Gasteiger partial charge in [0.1, 0.15) is 0 Å². The number of carbonyl (C=O) groups excluding carboxylic acids is 1. The van der Waals surface area contributed by atoms with E-state index in [4.69, 9.17) is 38.4 Å². The molecule has 0 aromatic heterocycles. The Morgan fingerprint density at radius 2 is 1.89 bits per heavy atom. The second-order valence-electron chi connectivity index (χ2n) is 4.10. The van der Waals surface area contributed by atoms with Gasteiger partial charge in [0.15, 0.2) is 12.4 Å². The Morgan fingerprint density at radius 3 is 2.47 bits per heavy atom. The molecule has 1 aromatic carbocycles. The Morgan fingerprint density at radius 1 is 1.32 bits per heavy atom. The van der Waals surface area contributed by atoms with Crippen LogP contribution >= 0.6 is 23.2 Å². The predicted molar refractivity (Wildman–Crippen MR) is 73.8 cm³/mol. The van der Waals surface area contributed by atoms with Gasteiger partial charge in [0.25, 0.3) is 5.91 Å². The number of amides is 1. The Hall–Kier alpha value is -1.17. The Kier molecular flexibility index (Phi) is 4.74. The number of nitrogens with zero attached hydrogens (tertiary/aromatic N) is 1. The molecule has 0 saturated carbocycles.